The number of benzene rings is 2. The molecule has 1 N–H and O–H groups in total. The molecule has 5 heteroatoms. The molecule has 24 heavy (non-hydrogen) atoms. The van der Waals surface area contributed by atoms with E-state index in [9.17, 15) is 4.79 Å². The summed E-state index contributed by atoms with van der Waals surface area (Å²) in [7, 11) is 3.97. The molecule has 0 heterocycles. The fraction of sp³-hybridized carbons (Fsp3) is 0.263. The Hall–Kier alpha value is -2.84. The Kier molecular flexibility index (Phi) is 6.35. The molecule has 1 atom stereocenters. The van der Waals surface area contributed by atoms with E-state index in [1.807, 2.05) is 50.5 Å². The Morgan fingerprint density at radius 3 is 2.42 bits per heavy atom. The summed E-state index contributed by atoms with van der Waals surface area (Å²) in [6.45, 7) is 0.452. The summed E-state index contributed by atoms with van der Waals surface area (Å²) in [5.41, 5.74) is 1.71. The van der Waals surface area contributed by atoms with Crippen molar-refractivity contribution in [3.63, 3.8) is 0 Å². The summed E-state index contributed by atoms with van der Waals surface area (Å²) in [5.74, 6) is 0.388. The summed E-state index contributed by atoms with van der Waals surface area (Å²) in [5, 5.41) is 11.6. The van der Waals surface area contributed by atoms with Gasteiger partial charge in [-0.15, -0.1) is 0 Å². The van der Waals surface area contributed by atoms with Gasteiger partial charge in [-0.1, -0.05) is 30.3 Å². The van der Waals surface area contributed by atoms with Crippen molar-refractivity contribution in [1.29, 1.82) is 5.26 Å². The lowest BCUT2D eigenvalue weighted by Gasteiger charge is -2.25. The van der Waals surface area contributed by atoms with Crippen LogP contribution in [-0.4, -0.2) is 38.1 Å². The van der Waals surface area contributed by atoms with Gasteiger partial charge in [-0.25, -0.2) is 0 Å². The smallest absolute Gasteiger partial charge is 0.258 e. The number of ether oxygens (including phenoxy) is 1. The maximum Gasteiger partial charge on any atom is 0.258 e. The van der Waals surface area contributed by atoms with Crippen molar-refractivity contribution in [2.75, 3.05) is 27.2 Å². The number of nitrogens with zero attached hydrogens (tertiary/aromatic N) is 2. The minimum Gasteiger partial charge on any atom is -0.484 e. The first kappa shape index (κ1) is 17.5. The van der Waals surface area contributed by atoms with E-state index in [2.05, 4.69) is 10.2 Å². The molecule has 124 valence electrons. The Morgan fingerprint density at radius 2 is 1.83 bits per heavy atom. The highest BCUT2D eigenvalue weighted by molar-refractivity contribution is 5.77. The first-order valence-electron chi connectivity index (χ1n) is 7.71. The summed E-state index contributed by atoms with van der Waals surface area (Å²) in [6.07, 6.45) is 0. The van der Waals surface area contributed by atoms with Gasteiger partial charge < -0.3 is 15.0 Å². The van der Waals surface area contributed by atoms with Crippen molar-refractivity contribution in [3.8, 4) is 11.8 Å². The lowest BCUT2D eigenvalue weighted by atomic mass is 10.1. The Labute approximate surface area is 142 Å². The molecule has 2 aromatic rings. The van der Waals surface area contributed by atoms with Gasteiger partial charge in [0.1, 0.15) is 5.75 Å². The lowest BCUT2D eigenvalue weighted by molar-refractivity contribution is -0.123. The van der Waals surface area contributed by atoms with Crippen LogP contribution in [0.25, 0.3) is 0 Å². The monoisotopic (exact) mass is 323 g/mol. The second-order valence-corrected chi connectivity index (χ2v) is 5.62. The van der Waals surface area contributed by atoms with E-state index < -0.39 is 0 Å². The summed E-state index contributed by atoms with van der Waals surface area (Å²) < 4.78 is 5.43. The SMILES string of the molecule is CN(C)C(CNC(=O)COc1ccc(C#N)cc1)c1ccccc1. The minimum atomic E-state index is -0.179. The third-order valence-corrected chi connectivity index (χ3v) is 3.65. The zero-order valence-electron chi connectivity index (χ0n) is 13.9. The van der Waals surface area contributed by atoms with E-state index in [0.717, 1.165) is 5.56 Å². The fourth-order valence-corrected chi connectivity index (χ4v) is 2.31. The molecule has 0 aliphatic carbocycles. The second-order valence-electron chi connectivity index (χ2n) is 5.62. The van der Waals surface area contributed by atoms with Gasteiger partial charge in [0.2, 0.25) is 0 Å². The van der Waals surface area contributed by atoms with E-state index in [1.165, 1.54) is 0 Å². The van der Waals surface area contributed by atoms with Crippen molar-refractivity contribution in [2.45, 2.75) is 6.04 Å². The van der Waals surface area contributed by atoms with Crippen LogP contribution in [0, 0.1) is 11.3 Å². The number of hydrogen-bond donors (Lipinski definition) is 1. The van der Waals surface area contributed by atoms with Crippen molar-refractivity contribution < 1.29 is 9.53 Å². The topological polar surface area (TPSA) is 65.4 Å². The zero-order chi connectivity index (χ0) is 17.4. The molecule has 1 amide bonds. The van der Waals surface area contributed by atoms with Gasteiger partial charge in [-0.2, -0.15) is 5.26 Å². The third-order valence-electron chi connectivity index (χ3n) is 3.65. The molecule has 0 bridgehead atoms. The normalized spacial score (nSPS) is 11.6. The van der Waals surface area contributed by atoms with Crippen molar-refractivity contribution in [3.05, 3.63) is 65.7 Å². The molecule has 0 aromatic heterocycles. The molecule has 2 rings (SSSR count). The molecular formula is C19H21N3O2. The highest BCUT2D eigenvalue weighted by Gasteiger charge is 2.15. The molecule has 1 unspecified atom stereocenters. The Bertz CT molecular complexity index is 691. The van der Waals surface area contributed by atoms with Gasteiger partial charge in [0, 0.05) is 6.54 Å². The number of hydrogen-bond acceptors (Lipinski definition) is 4. The van der Waals surface area contributed by atoms with E-state index in [1.54, 1.807) is 24.3 Å². The average Bonchev–Trinajstić information content (AvgIpc) is 2.61. The number of likely N-dealkylation sites (N-methyl/N-ethyl adjacent to an activating group) is 1. The van der Waals surface area contributed by atoms with Crippen LogP contribution in [0.4, 0.5) is 0 Å². The molecule has 5 nitrogen and oxygen atoms in total. The van der Waals surface area contributed by atoms with Crippen LogP contribution in [0.15, 0.2) is 54.6 Å². The van der Waals surface area contributed by atoms with Crippen LogP contribution in [0.1, 0.15) is 17.2 Å². The Morgan fingerprint density at radius 1 is 1.17 bits per heavy atom. The Balaban J connectivity index is 1.84. The van der Waals surface area contributed by atoms with Crippen LogP contribution in [0.2, 0.25) is 0 Å². The summed E-state index contributed by atoms with van der Waals surface area (Å²) in [4.78, 5) is 14.1. The van der Waals surface area contributed by atoms with E-state index in [-0.39, 0.29) is 18.6 Å². The van der Waals surface area contributed by atoms with Crippen molar-refractivity contribution >= 4 is 5.91 Å². The first-order valence-corrected chi connectivity index (χ1v) is 7.71. The number of nitriles is 1. The van der Waals surface area contributed by atoms with Crippen molar-refractivity contribution in [1.82, 2.24) is 10.2 Å². The number of carbonyl (C=O) groups excluding carboxylic acids is 1. The van der Waals surface area contributed by atoms with Crippen LogP contribution >= 0.6 is 0 Å². The molecule has 0 fully saturated rings. The molecule has 2 aromatic carbocycles. The zero-order valence-corrected chi connectivity index (χ0v) is 13.9. The number of rotatable bonds is 7. The van der Waals surface area contributed by atoms with E-state index in [4.69, 9.17) is 10.00 Å². The van der Waals surface area contributed by atoms with Crippen LogP contribution in [-0.2, 0) is 4.79 Å². The van der Waals surface area contributed by atoms with E-state index in [0.29, 0.717) is 17.9 Å². The predicted octanol–water partition coefficient (Wildman–Crippen LogP) is 2.36. The quantitative estimate of drug-likeness (QED) is 0.849. The van der Waals surface area contributed by atoms with Gasteiger partial charge in [0.25, 0.3) is 5.91 Å². The second kappa shape index (κ2) is 8.70. The van der Waals surface area contributed by atoms with Crippen LogP contribution < -0.4 is 10.1 Å². The highest BCUT2D eigenvalue weighted by Crippen LogP contribution is 2.16. The minimum absolute atomic E-state index is 0.0547. The number of amides is 1. The molecule has 0 saturated carbocycles. The lowest BCUT2D eigenvalue weighted by Crippen LogP contribution is -2.36. The first-order chi connectivity index (χ1) is 11.6. The van der Waals surface area contributed by atoms with Gasteiger partial charge in [-0.05, 0) is 43.9 Å². The number of carbonyl (C=O) groups is 1. The molecule has 0 aliphatic rings. The highest BCUT2D eigenvalue weighted by atomic mass is 16.5. The molecule has 0 radical (unpaired) electrons. The van der Waals surface area contributed by atoms with Crippen LogP contribution in [0.5, 0.6) is 5.75 Å². The van der Waals surface area contributed by atoms with Crippen molar-refractivity contribution in [2.24, 2.45) is 0 Å². The fourth-order valence-electron chi connectivity index (χ4n) is 2.31. The molecular weight excluding hydrogens is 302 g/mol. The molecule has 0 saturated heterocycles. The summed E-state index contributed by atoms with van der Waals surface area (Å²) in [6, 6.07) is 18.9. The van der Waals surface area contributed by atoms with Gasteiger partial charge in [-0.3, -0.25) is 4.79 Å². The van der Waals surface area contributed by atoms with Gasteiger partial charge in [0.15, 0.2) is 6.61 Å². The van der Waals surface area contributed by atoms with Gasteiger partial charge in [0.05, 0.1) is 17.7 Å². The number of nitrogens with one attached hydrogen (secondary N) is 1. The predicted molar refractivity (Wildman–Crippen MR) is 92.5 cm³/mol. The maximum atomic E-state index is 12.0. The molecule has 0 spiro atoms. The third kappa shape index (κ3) is 5.11. The standard InChI is InChI=1S/C19H21N3O2/c1-22(2)18(16-6-4-3-5-7-16)13-21-19(23)14-24-17-10-8-15(12-20)9-11-17/h3-11,18H,13-14H2,1-2H3,(H,21,23). The van der Waals surface area contributed by atoms with Gasteiger partial charge >= 0.3 is 0 Å². The average molecular weight is 323 g/mol. The van der Waals surface area contributed by atoms with E-state index >= 15 is 0 Å². The van der Waals surface area contributed by atoms with Crippen LogP contribution in [0.3, 0.4) is 0 Å². The molecule has 0 aliphatic heterocycles. The largest absolute Gasteiger partial charge is 0.484 e. The summed E-state index contributed by atoms with van der Waals surface area (Å²) >= 11 is 0. The maximum absolute atomic E-state index is 12.0.